The first-order valence-corrected chi connectivity index (χ1v) is 8.77. The Morgan fingerprint density at radius 3 is 3.00 bits per heavy atom. The van der Waals surface area contributed by atoms with E-state index in [4.69, 9.17) is 9.47 Å². The fraction of sp³-hybridized carbons (Fsp3) is 0.471. The molecular formula is C17H20N2O2S. The van der Waals surface area contributed by atoms with Crippen molar-refractivity contribution in [1.82, 2.24) is 9.88 Å². The lowest BCUT2D eigenvalue weighted by molar-refractivity contribution is 0.170. The van der Waals surface area contributed by atoms with Crippen LogP contribution in [0.5, 0.6) is 11.5 Å². The van der Waals surface area contributed by atoms with Gasteiger partial charge in [0, 0.05) is 30.6 Å². The number of ether oxygens (including phenoxy) is 2. The predicted octanol–water partition coefficient (Wildman–Crippen LogP) is 3.29. The summed E-state index contributed by atoms with van der Waals surface area (Å²) in [6.45, 7) is 4.52. The van der Waals surface area contributed by atoms with Crippen LogP contribution in [-0.2, 0) is 6.54 Å². The molecule has 4 nitrogen and oxygen atoms in total. The molecule has 0 saturated carbocycles. The second-order valence-corrected chi connectivity index (χ2v) is 6.85. The van der Waals surface area contributed by atoms with Crippen molar-refractivity contribution in [1.29, 1.82) is 0 Å². The number of rotatable bonds is 3. The van der Waals surface area contributed by atoms with E-state index in [9.17, 15) is 0 Å². The molecule has 2 aliphatic rings. The van der Waals surface area contributed by atoms with E-state index in [2.05, 4.69) is 27.4 Å². The zero-order valence-electron chi connectivity index (χ0n) is 12.5. The number of aromatic nitrogens is 1. The van der Waals surface area contributed by atoms with Gasteiger partial charge in [0.15, 0.2) is 11.5 Å². The molecule has 1 atom stereocenters. The van der Waals surface area contributed by atoms with E-state index in [1.165, 1.54) is 23.4 Å². The van der Waals surface area contributed by atoms with Gasteiger partial charge in [-0.1, -0.05) is 6.07 Å². The van der Waals surface area contributed by atoms with Crippen LogP contribution in [0.25, 0.3) is 0 Å². The maximum absolute atomic E-state index is 5.68. The van der Waals surface area contributed by atoms with Gasteiger partial charge in [0.05, 0.1) is 5.01 Å². The van der Waals surface area contributed by atoms with Crippen molar-refractivity contribution >= 4 is 11.3 Å². The second kappa shape index (κ2) is 6.26. The number of nitrogens with zero attached hydrogens (tertiary/aromatic N) is 2. The topological polar surface area (TPSA) is 34.6 Å². The van der Waals surface area contributed by atoms with Gasteiger partial charge in [-0.3, -0.25) is 4.90 Å². The molecule has 1 unspecified atom stereocenters. The normalized spacial score (nSPS) is 21.7. The summed E-state index contributed by atoms with van der Waals surface area (Å²) in [6, 6.07) is 6.31. The Hall–Kier alpha value is -1.59. The van der Waals surface area contributed by atoms with Crippen molar-refractivity contribution in [3.05, 3.63) is 40.3 Å². The molecule has 4 rings (SSSR count). The van der Waals surface area contributed by atoms with Crippen LogP contribution in [0.3, 0.4) is 0 Å². The average molecular weight is 316 g/mol. The minimum absolute atomic E-state index is 0.589. The van der Waals surface area contributed by atoms with Crippen molar-refractivity contribution in [3.8, 4) is 11.5 Å². The highest BCUT2D eigenvalue weighted by atomic mass is 32.1. The highest BCUT2D eigenvalue weighted by Gasteiger charge is 2.23. The predicted molar refractivity (Wildman–Crippen MR) is 86.8 cm³/mol. The summed E-state index contributed by atoms with van der Waals surface area (Å²) in [5.74, 6) is 2.34. The lowest BCUT2D eigenvalue weighted by Crippen LogP contribution is -2.33. The number of benzene rings is 1. The smallest absolute Gasteiger partial charge is 0.161 e. The molecule has 1 fully saturated rings. The third-order valence-electron chi connectivity index (χ3n) is 4.32. The Balaban J connectivity index is 1.44. The first-order valence-electron chi connectivity index (χ1n) is 7.89. The van der Waals surface area contributed by atoms with Crippen LogP contribution < -0.4 is 9.47 Å². The van der Waals surface area contributed by atoms with Crippen LogP contribution in [0.15, 0.2) is 29.8 Å². The molecule has 0 amide bonds. The van der Waals surface area contributed by atoms with Crippen LogP contribution in [0.2, 0.25) is 0 Å². The Morgan fingerprint density at radius 1 is 1.23 bits per heavy atom. The van der Waals surface area contributed by atoms with E-state index in [0.29, 0.717) is 19.1 Å². The van der Waals surface area contributed by atoms with E-state index >= 15 is 0 Å². The Bertz CT molecular complexity index is 630. The minimum Gasteiger partial charge on any atom is -0.486 e. The van der Waals surface area contributed by atoms with E-state index in [-0.39, 0.29) is 0 Å². The van der Waals surface area contributed by atoms with Gasteiger partial charge in [-0.2, -0.15) is 0 Å². The van der Waals surface area contributed by atoms with Gasteiger partial charge >= 0.3 is 0 Å². The Labute approximate surface area is 134 Å². The molecule has 2 aliphatic heterocycles. The van der Waals surface area contributed by atoms with E-state index in [0.717, 1.165) is 31.1 Å². The SMILES string of the molecule is c1csc(C2CCCN(Cc3ccc4c(c3)OCCO4)C2)n1. The number of likely N-dealkylation sites (tertiary alicyclic amines) is 1. The molecule has 2 aromatic rings. The Morgan fingerprint density at radius 2 is 2.14 bits per heavy atom. The van der Waals surface area contributed by atoms with Gasteiger partial charge in [0.2, 0.25) is 0 Å². The summed E-state index contributed by atoms with van der Waals surface area (Å²) in [4.78, 5) is 7.02. The van der Waals surface area contributed by atoms with E-state index < -0.39 is 0 Å². The average Bonchev–Trinajstić information content (AvgIpc) is 3.10. The lowest BCUT2D eigenvalue weighted by atomic mass is 9.98. The van der Waals surface area contributed by atoms with Gasteiger partial charge in [-0.05, 0) is 37.1 Å². The number of piperidine rings is 1. The summed E-state index contributed by atoms with van der Waals surface area (Å²) in [5.41, 5.74) is 1.30. The minimum atomic E-state index is 0.589. The van der Waals surface area contributed by atoms with Gasteiger partial charge in [-0.15, -0.1) is 11.3 Å². The van der Waals surface area contributed by atoms with Gasteiger partial charge in [0.1, 0.15) is 13.2 Å². The van der Waals surface area contributed by atoms with Crippen molar-refractivity contribution in [2.24, 2.45) is 0 Å². The van der Waals surface area contributed by atoms with Crippen LogP contribution in [0, 0.1) is 0 Å². The Kier molecular flexibility index (Phi) is 3.99. The maximum Gasteiger partial charge on any atom is 0.161 e. The number of thiazole rings is 1. The molecule has 5 heteroatoms. The van der Waals surface area contributed by atoms with Gasteiger partial charge in [-0.25, -0.2) is 4.98 Å². The first-order chi connectivity index (χ1) is 10.9. The van der Waals surface area contributed by atoms with Crippen molar-refractivity contribution < 1.29 is 9.47 Å². The monoisotopic (exact) mass is 316 g/mol. The van der Waals surface area contributed by atoms with E-state index in [1.54, 1.807) is 11.3 Å². The number of fused-ring (bicyclic) bond motifs is 1. The van der Waals surface area contributed by atoms with E-state index in [1.807, 2.05) is 12.3 Å². The largest absolute Gasteiger partial charge is 0.486 e. The molecule has 0 radical (unpaired) electrons. The summed E-state index contributed by atoms with van der Waals surface area (Å²) < 4.78 is 11.3. The fourth-order valence-electron chi connectivity index (χ4n) is 3.28. The quantitative estimate of drug-likeness (QED) is 0.870. The van der Waals surface area contributed by atoms with Gasteiger partial charge < -0.3 is 9.47 Å². The number of hydrogen-bond acceptors (Lipinski definition) is 5. The molecule has 22 heavy (non-hydrogen) atoms. The van der Waals surface area contributed by atoms with Crippen molar-refractivity contribution in [3.63, 3.8) is 0 Å². The maximum atomic E-state index is 5.68. The van der Waals surface area contributed by atoms with Crippen LogP contribution >= 0.6 is 11.3 Å². The molecule has 0 aliphatic carbocycles. The molecule has 3 heterocycles. The third kappa shape index (κ3) is 2.96. The molecule has 1 saturated heterocycles. The third-order valence-corrected chi connectivity index (χ3v) is 5.26. The van der Waals surface area contributed by atoms with Crippen molar-refractivity contribution in [2.45, 2.75) is 25.3 Å². The molecule has 1 aromatic carbocycles. The highest BCUT2D eigenvalue weighted by molar-refractivity contribution is 7.09. The molecule has 0 N–H and O–H groups in total. The van der Waals surface area contributed by atoms with Gasteiger partial charge in [0.25, 0.3) is 0 Å². The summed E-state index contributed by atoms with van der Waals surface area (Å²) >= 11 is 1.78. The van der Waals surface area contributed by atoms with Crippen LogP contribution in [0.1, 0.15) is 29.3 Å². The molecule has 116 valence electrons. The highest BCUT2D eigenvalue weighted by Crippen LogP contribution is 2.32. The second-order valence-electron chi connectivity index (χ2n) is 5.92. The summed E-state index contributed by atoms with van der Waals surface area (Å²) in [7, 11) is 0. The molecule has 0 bridgehead atoms. The summed E-state index contributed by atoms with van der Waals surface area (Å²) in [6.07, 6.45) is 4.42. The standard InChI is InChI=1S/C17H20N2O2S/c1-2-14(17-18-5-9-22-17)12-19(6-1)11-13-3-4-15-16(10-13)21-8-7-20-15/h3-5,9-10,14H,1-2,6-8,11-12H2. The lowest BCUT2D eigenvalue weighted by Gasteiger charge is -2.32. The van der Waals surface area contributed by atoms with Crippen LogP contribution in [0.4, 0.5) is 0 Å². The molecule has 1 aromatic heterocycles. The first kappa shape index (κ1) is 14.0. The number of hydrogen-bond donors (Lipinski definition) is 0. The zero-order chi connectivity index (χ0) is 14.8. The summed E-state index contributed by atoms with van der Waals surface area (Å²) in [5, 5.41) is 3.36. The molecule has 0 spiro atoms. The fourth-order valence-corrected chi connectivity index (χ4v) is 4.05. The zero-order valence-corrected chi connectivity index (χ0v) is 13.3. The van der Waals surface area contributed by atoms with Crippen LogP contribution in [-0.4, -0.2) is 36.2 Å². The van der Waals surface area contributed by atoms with Crippen molar-refractivity contribution in [2.75, 3.05) is 26.3 Å². The molecular weight excluding hydrogens is 296 g/mol.